The second-order valence-corrected chi connectivity index (χ2v) is 6.64. The van der Waals surface area contributed by atoms with Gasteiger partial charge in [0, 0.05) is 18.1 Å². The van der Waals surface area contributed by atoms with E-state index in [1.165, 1.54) is 32.4 Å². The first-order valence-electron chi connectivity index (χ1n) is 9.04. The van der Waals surface area contributed by atoms with Gasteiger partial charge in [0.1, 0.15) is 17.4 Å². The number of ether oxygens (including phenoxy) is 3. The molecule has 0 spiro atoms. The summed E-state index contributed by atoms with van der Waals surface area (Å²) in [4.78, 5) is 24.7. The quantitative estimate of drug-likeness (QED) is 0.650. The molecule has 1 aromatic carbocycles. The van der Waals surface area contributed by atoms with Crippen LogP contribution in [0.3, 0.4) is 0 Å². The van der Waals surface area contributed by atoms with Crippen LogP contribution in [0.15, 0.2) is 12.1 Å². The highest BCUT2D eigenvalue weighted by Crippen LogP contribution is 2.40. The lowest BCUT2D eigenvalue weighted by molar-refractivity contribution is -0.132. The average molecular weight is 394 g/mol. The van der Waals surface area contributed by atoms with Crippen molar-refractivity contribution in [2.75, 3.05) is 14.2 Å². The third-order valence-corrected chi connectivity index (χ3v) is 4.59. The van der Waals surface area contributed by atoms with Gasteiger partial charge in [0.25, 0.3) is 0 Å². The molecular weight excluding hydrogens is 368 g/mol. The number of fused-ring (bicyclic) bond motifs is 1. The van der Waals surface area contributed by atoms with Crippen LogP contribution in [0.25, 0.3) is 6.08 Å². The molecule has 0 saturated carbocycles. The van der Waals surface area contributed by atoms with E-state index < -0.39 is 30.1 Å². The van der Waals surface area contributed by atoms with E-state index in [0.717, 1.165) is 0 Å². The van der Waals surface area contributed by atoms with Gasteiger partial charge in [-0.25, -0.2) is 4.79 Å². The number of ketones is 1. The van der Waals surface area contributed by atoms with E-state index in [4.69, 9.17) is 14.2 Å². The maximum Gasteiger partial charge on any atom is 0.342 e. The van der Waals surface area contributed by atoms with Gasteiger partial charge in [0.15, 0.2) is 17.3 Å². The molecule has 0 saturated heterocycles. The highest BCUT2D eigenvalue weighted by molar-refractivity contribution is 5.98. The van der Waals surface area contributed by atoms with E-state index in [1.54, 1.807) is 6.92 Å². The molecule has 8 nitrogen and oxygen atoms in total. The normalized spacial score (nSPS) is 24.1. The maximum atomic E-state index is 12.7. The van der Waals surface area contributed by atoms with E-state index in [2.05, 4.69) is 0 Å². The number of hydrogen-bond donors (Lipinski definition) is 3. The van der Waals surface area contributed by atoms with Crippen LogP contribution in [-0.2, 0) is 9.53 Å². The highest BCUT2D eigenvalue weighted by atomic mass is 16.5. The Morgan fingerprint density at radius 2 is 1.89 bits per heavy atom. The number of carbonyl (C=O) groups excluding carboxylic acids is 2. The summed E-state index contributed by atoms with van der Waals surface area (Å²) in [6.07, 6.45) is 0.426. The summed E-state index contributed by atoms with van der Waals surface area (Å²) in [7, 11) is 2.78. The van der Waals surface area contributed by atoms with Gasteiger partial charge in [-0.15, -0.1) is 0 Å². The van der Waals surface area contributed by atoms with E-state index in [0.29, 0.717) is 12.8 Å². The standard InChI is InChI=1S/C20H26O8/c1-11-6-4-8-13(21)18(24)14(22)9-5-7-12-17(20(25)28-11)15(23)10-16(26-2)19(12)27-3/h5,7,10-11,14,18,22-24H,4,6,8-9H2,1-3H3/t11-,14+,18+/m0/s1. The molecule has 1 heterocycles. The minimum Gasteiger partial charge on any atom is -0.507 e. The van der Waals surface area contributed by atoms with Crippen molar-refractivity contribution < 1.29 is 39.1 Å². The predicted octanol–water partition coefficient (Wildman–Crippen LogP) is 1.83. The lowest BCUT2D eigenvalue weighted by Crippen LogP contribution is -2.33. The fourth-order valence-corrected chi connectivity index (χ4v) is 3.06. The summed E-state index contributed by atoms with van der Waals surface area (Å²) in [5, 5.41) is 30.4. The summed E-state index contributed by atoms with van der Waals surface area (Å²) < 4.78 is 15.9. The summed E-state index contributed by atoms with van der Waals surface area (Å²) >= 11 is 0. The number of phenols is 1. The molecule has 8 heteroatoms. The SMILES string of the molecule is COc1cc(O)c2c(c1OC)C=CC[C@@H](O)[C@H](O)C(=O)CCC[C@H](C)OC2=O. The van der Waals surface area contributed by atoms with Crippen LogP contribution in [0.1, 0.15) is 48.5 Å². The van der Waals surface area contributed by atoms with Crippen molar-refractivity contribution >= 4 is 17.8 Å². The topological polar surface area (TPSA) is 123 Å². The molecule has 1 aromatic rings. The van der Waals surface area contributed by atoms with Crippen LogP contribution >= 0.6 is 0 Å². The van der Waals surface area contributed by atoms with Crippen LogP contribution < -0.4 is 9.47 Å². The number of aliphatic hydroxyl groups excluding tert-OH is 2. The maximum absolute atomic E-state index is 12.7. The first-order chi connectivity index (χ1) is 13.3. The number of aliphatic hydroxyl groups is 2. The van der Waals surface area contributed by atoms with Crippen molar-refractivity contribution in [1.82, 2.24) is 0 Å². The molecule has 0 aliphatic carbocycles. The molecule has 0 amide bonds. The van der Waals surface area contributed by atoms with E-state index in [-0.39, 0.29) is 41.2 Å². The molecule has 3 N–H and O–H groups in total. The number of cyclic esters (lactones) is 1. The fourth-order valence-electron chi connectivity index (χ4n) is 3.06. The summed E-state index contributed by atoms with van der Waals surface area (Å²) in [6.45, 7) is 1.67. The van der Waals surface area contributed by atoms with Crippen LogP contribution in [0, 0.1) is 0 Å². The highest BCUT2D eigenvalue weighted by Gasteiger charge is 2.27. The van der Waals surface area contributed by atoms with Crippen molar-refractivity contribution in [3.05, 3.63) is 23.3 Å². The molecule has 2 rings (SSSR count). The third kappa shape index (κ3) is 4.82. The molecule has 154 valence electrons. The Bertz CT molecular complexity index is 755. The van der Waals surface area contributed by atoms with Gasteiger partial charge in [-0.2, -0.15) is 0 Å². The molecular formula is C20H26O8. The summed E-state index contributed by atoms with van der Waals surface area (Å²) in [5.74, 6) is -1.13. The monoisotopic (exact) mass is 394 g/mol. The van der Waals surface area contributed by atoms with Gasteiger partial charge in [0.2, 0.25) is 0 Å². The van der Waals surface area contributed by atoms with Crippen LogP contribution in [0.2, 0.25) is 0 Å². The molecule has 0 fully saturated rings. The molecule has 0 aromatic heterocycles. The van der Waals surface area contributed by atoms with E-state index in [1.807, 2.05) is 0 Å². The van der Waals surface area contributed by atoms with Crippen LogP contribution in [-0.4, -0.2) is 59.6 Å². The fraction of sp³-hybridized carbons (Fsp3) is 0.500. The molecule has 0 radical (unpaired) electrons. The van der Waals surface area contributed by atoms with E-state index >= 15 is 0 Å². The number of esters is 1. The number of benzene rings is 1. The van der Waals surface area contributed by atoms with Crippen molar-refractivity contribution in [1.29, 1.82) is 0 Å². The molecule has 1 aliphatic rings. The predicted molar refractivity (Wildman–Crippen MR) is 101 cm³/mol. The van der Waals surface area contributed by atoms with Crippen molar-refractivity contribution in [3.63, 3.8) is 0 Å². The zero-order valence-corrected chi connectivity index (χ0v) is 16.2. The summed E-state index contributed by atoms with van der Waals surface area (Å²) in [6, 6.07) is 1.26. The first kappa shape index (κ1) is 21.7. The van der Waals surface area contributed by atoms with Gasteiger partial charge in [-0.05, 0) is 26.2 Å². The minimum absolute atomic E-state index is 0.0427. The molecule has 3 atom stereocenters. The zero-order chi connectivity index (χ0) is 20.8. The number of carbonyl (C=O) groups is 2. The van der Waals surface area contributed by atoms with Gasteiger partial charge >= 0.3 is 5.97 Å². The number of hydrogen-bond acceptors (Lipinski definition) is 8. The van der Waals surface area contributed by atoms with Crippen molar-refractivity contribution in [2.45, 2.75) is 50.9 Å². The Balaban J connectivity index is 2.55. The largest absolute Gasteiger partial charge is 0.507 e. The lowest BCUT2D eigenvalue weighted by atomic mass is 9.99. The minimum atomic E-state index is -1.49. The van der Waals surface area contributed by atoms with Crippen LogP contribution in [0.5, 0.6) is 17.2 Å². The Hall–Kier alpha value is -2.58. The zero-order valence-electron chi connectivity index (χ0n) is 16.2. The Kier molecular flexibility index (Phi) is 7.42. The average Bonchev–Trinajstić information content (AvgIpc) is 2.65. The smallest absolute Gasteiger partial charge is 0.342 e. The van der Waals surface area contributed by atoms with Gasteiger partial charge in [0.05, 0.1) is 26.4 Å². The third-order valence-electron chi connectivity index (χ3n) is 4.59. The molecule has 0 bridgehead atoms. The van der Waals surface area contributed by atoms with Gasteiger partial charge < -0.3 is 29.5 Å². The van der Waals surface area contributed by atoms with Crippen molar-refractivity contribution in [3.8, 4) is 17.2 Å². The molecule has 0 unspecified atom stereocenters. The second-order valence-electron chi connectivity index (χ2n) is 6.64. The molecule has 28 heavy (non-hydrogen) atoms. The van der Waals surface area contributed by atoms with Gasteiger partial charge in [-0.1, -0.05) is 12.2 Å². The Morgan fingerprint density at radius 1 is 1.18 bits per heavy atom. The number of methoxy groups -OCH3 is 2. The van der Waals surface area contributed by atoms with Crippen molar-refractivity contribution in [2.24, 2.45) is 0 Å². The number of aromatic hydroxyl groups is 1. The number of rotatable bonds is 2. The van der Waals surface area contributed by atoms with Crippen LogP contribution in [0.4, 0.5) is 0 Å². The Labute approximate surface area is 163 Å². The summed E-state index contributed by atoms with van der Waals surface area (Å²) in [5.41, 5.74) is 0.116. The lowest BCUT2D eigenvalue weighted by Gasteiger charge is -2.20. The number of phenolic OH excluding ortho intramolecular Hbond substituents is 1. The molecule has 1 aliphatic heterocycles. The number of Topliss-reactive ketones (excluding diaryl/α,β-unsaturated/α-hetero) is 1. The van der Waals surface area contributed by atoms with Gasteiger partial charge in [-0.3, -0.25) is 4.79 Å². The Morgan fingerprint density at radius 3 is 2.54 bits per heavy atom. The second kappa shape index (κ2) is 9.57. The first-order valence-corrected chi connectivity index (χ1v) is 9.04. The van der Waals surface area contributed by atoms with E-state index in [9.17, 15) is 24.9 Å².